The molecule has 3 aliphatic heterocycles. The van der Waals surface area contributed by atoms with Crippen molar-refractivity contribution in [2.24, 2.45) is 23.5 Å². The van der Waals surface area contributed by atoms with Crippen molar-refractivity contribution in [3.05, 3.63) is 0 Å². The maximum absolute atomic E-state index is 6.39. The Balaban J connectivity index is 1.87. The van der Waals surface area contributed by atoms with Crippen LogP contribution in [0.15, 0.2) is 0 Å². The molecule has 3 heterocycles. The van der Waals surface area contributed by atoms with Crippen molar-refractivity contribution in [3.8, 4) is 0 Å². The summed E-state index contributed by atoms with van der Waals surface area (Å²) in [7, 11) is 1.81. The van der Waals surface area contributed by atoms with Crippen LogP contribution in [0.1, 0.15) is 12.8 Å². The van der Waals surface area contributed by atoms with E-state index >= 15 is 0 Å². The van der Waals surface area contributed by atoms with Crippen molar-refractivity contribution >= 4 is 0 Å². The Bertz CT molecular complexity index is 216. The minimum atomic E-state index is -0.401. The molecule has 14 heavy (non-hydrogen) atoms. The van der Waals surface area contributed by atoms with E-state index < -0.39 is 5.72 Å². The van der Waals surface area contributed by atoms with Crippen molar-refractivity contribution in [1.82, 2.24) is 10.4 Å². The molecule has 2 unspecified atom stereocenters. The number of hydrogen-bond donors (Lipinski definition) is 2. The van der Waals surface area contributed by atoms with Crippen LogP contribution in [0, 0.1) is 17.8 Å². The van der Waals surface area contributed by atoms with Gasteiger partial charge in [-0.3, -0.25) is 4.84 Å². The predicted molar refractivity (Wildman–Crippen MR) is 53.2 cm³/mol. The lowest BCUT2D eigenvalue weighted by atomic mass is 9.63. The molecule has 0 radical (unpaired) electrons. The van der Waals surface area contributed by atoms with E-state index in [0.29, 0.717) is 11.8 Å². The van der Waals surface area contributed by atoms with Gasteiger partial charge < -0.3 is 10.6 Å². The fourth-order valence-corrected chi connectivity index (χ4v) is 3.74. The van der Waals surface area contributed by atoms with E-state index in [0.717, 1.165) is 19.0 Å². The van der Waals surface area contributed by atoms with Crippen LogP contribution < -0.4 is 11.2 Å². The molecule has 0 spiro atoms. The number of rotatable bonds is 2. The molecule has 0 aromatic heterocycles. The van der Waals surface area contributed by atoms with Gasteiger partial charge in [0.15, 0.2) is 0 Å². The summed E-state index contributed by atoms with van der Waals surface area (Å²) >= 11 is 0. The molecule has 80 valence electrons. The zero-order valence-electron chi connectivity index (χ0n) is 8.70. The monoisotopic (exact) mass is 197 g/mol. The third kappa shape index (κ3) is 1.08. The molecule has 4 nitrogen and oxygen atoms in total. The summed E-state index contributed by atoms with van der Waals surface area (Å²) in [6, 6.07) is 0. The van der Waals surface area contributed by atoms with Gasteiger partial charge in [-0.2, -0.15) is 0 Å². The van der Waals surface area contributed by atoms with Gasteiger partial charge in [0.2, 0.25) is 0 Å². The number of piperidine rings is 3. The van der Waals surface area contributed by atoms with Gasteiger partial charge in [0.25, 0.3) is 0 Å². The van der Waals surface area contributed by atoms with Gasteiger partial charge in [-0.15, -0.1) is 0 Å². The summed E-state index contributed by atoms with van der Waals surface area (Å²) in [6.07, 6.45) is 2.51. The van der Waals surface area contributed by atoms with E-state index in [-0.39, 0.29) is 0 Å². The van der Waals surface area contributed by atoms with Gasteiger partial charge in [-0.25, -0.2) is 5.48 Å². The average Bonchev–Trinajstić information content (AvgIpc) is 2.14. The highest BCUT2D eigenvalue weighted by molar-refractivity contribution is 5.05. The maximum Gasteiger partial charge on any atom is 0.145 e. The summed E-state index contributed by atoms with van der Waals surface area (Å²) in [6.45, 7) is 3.55. The zero-order valence-corrected chi connectivity index (χ0v) is 8.70. The van der Waals surface area contributed by atoms with Gasteiger partial charge in [-0.05, 0) is 18.8 Å². The van der Waals surface area contributed by atoms with Crippen LogP contribution in [0.3, 0.4) is 0 Å². The van der Waals surface area contributed by atoms with Crippen LogP contribution in [0.25, 0.3) is 0 Å². The lowest BCUT2D eigenvalue weighted by molar-refractivity contribution is -0.233. The van der Waals surface area contributed by atoms with Crippen LogP contribution >= 0.6 is 0 Å². The molecule has 4 bridgehead atoms. The Labute approximate surface area is 84.7 Å². The fraction of sp³-hybridized carbons (Fsp3) is 1.00. The first-order valence-corrected chi connectivity index (χ1v) is 5.58. The quantitative estimate of drug-likeness (QED) is 0.474. The molecule has 2 atom stereocenters. The molecular weight excluding hydrogens is 178 g/mol. The van der Waals surface area contributed by atoms with Gasteiger partial charge >= 0.3 is 0 Å². The third-order valence-electron chi connectivity index (χ3n) is 4.26. The molecule has 0 aromatic carbocycles. The van der Waals surface area contributed by atoms with Gasteiger partial charge in [0, 0.05) is 38.5 Å². The standard InChI is InChI=1S/C10H19N3O/c1-12-14-10(11)8-2-7-3-9(10)6-13(4-7)5-8/h7-9,12H,2-6,11H2,1H3. The SMILES string of the molecule is CNOC1(N)C2CC3CC1CN(C3)C2. The average molecular weight is 197 g/mol. The Morgan fingerprint density at radius 2 is 1.93 bits per heavy atom. The van der Waals surface area contributed by atoms with Gasteiger partial charge in [0.05, 0.1) is 0 Å². The lowest BCUT2D eigenvalue weighted by Gasteiger charge is -2.59. The molecule has 4 aliphatic rings. The smallest absolute Gasteiger partial charge is 0.145 e. The molecule has 4 rings (SSSR count). The van der Waals surface area contributed by atoms with Crippen LogP contribution in [0.4, 0.5) is 0 Å². The summed E-state index contributed by atoms with van der Waals surface area (Å²) in [5, 5.41) is 0. The zero-order chi connectivity index (χ0) is 9.76. The largest absolute Gasteiger partial charge is 0.302 e. The molecule has 4 fully saturated rings. The van der Waals surface area contributed by atoms with E-state index in [4.69, 9.17) is 10.6 Å². The molecule has 1 saturated carbocycles. The summed E-state index contributed by atoms with van der Waals surface area (Å²) < 4.78 is 0. The molecular formula is C10H19N3O. The van der Waals surface area contributed by atoms with Gasteiger partial charge in [0.1, 0.15) is 5.72 Å². The van der Waals surface area contributed by atoms with E-state index in [1.54, 1.807) is 7.05 Å². The molecule has 0 amide bonds. The number of hydroxylamine groups is 1. The lowest BCUT2D eigenvalue weighted by Crippen LogP contribution is -2.72. The Morgan fingerprint density at radius 3 is 2.43 bits per heavy atom. The van der Waals surface area contributed by atoms with Crippen molar-refractivity contribution in [2.45, 2.75) is 18.6 Å². The van der Waals surface area contributed by atoms with Crippen molar-refractivity contribution < 1.29 is 4.84 Å². The molecule has 4 heteroatoms. The van der Waals surface area contributed by atoms with Crippen molar-refractivity contribution in [3.63, 3.8) is 0 Å². The Hall–Kier alpha value is -0.160. The first-order chi connectivity index (χ1) is 6.72. The van der Waals surface area contributed by atoms with Crippen LogP contribution in [-0.2, 0) is 4.84 Å². The first kappa shape index (κ1) is 9.09. The van der Waals surface area contributed by atoms with E-state index in [1.165, 1.54) is 19.4 Å². The Morgan fingerprint density at radius 1 is 1.29 bits per heavy atom. The second-order valence-electron chi connectivity index (χ2n) is 5.11. The van der Waals surface area contributed by atoms with Crippen LogP contribution in [-0.4, -0.2) is 37.3 Å². The highest BCUT2D eigenvalue weighted by Gasteiger charge is 2.56. The molecule has 1 aliphatic carbocycles. The van der Waals surface area contributed by atoms with Crippen LogP contribution in [0.5, 0.6) is 0 Å². The summed E-state index contributed by atoms with van der Waals surface area (Å²) in [5.74, 6) is 1.94. The van der Waals surface area contributed by atoms with E-state index in [9.17, 15) is 0 Å². The molecule has 3 saturated heterocycles. The van der Waals surface area contributed by atoms with Crippen molar-refractivity contribution in [1.29, 1.82) is 0 Å². The maximum atomic E-state index is 6.39. The fourth-order valence-electron chi connectivity index (χ4n) is 3.74. The molecule has 3 N–H and O–H groups in total. The predicted octanol–water partition coefficient (Wildman–Crippen LogP) is -0.236. The number of hydrogen-bond acceptors (Lipinski definition) is 4. The van der Waals surface area contributed by atoms with Crippen LogP contribution in [0.2, 0.25) is 0 Å². The highest BCUT2D eigenvalue weighted by atomic mass is 16.7. The van der Waals surface area contributed by atoms with Crippen molar-refractivity contribution in [2.75, 3.05) is 26.7 Å². The van der Waals surface area contributed by atoms with E-state index in [2.05, 4.69) is 10.4 Å². The molecule has 0 aromatic rings. The van der Waals surface area contributed by atoms with E-state index in [1.807, 2.05) is 0 Å². The third-order valence-corrected chi connectivity index (χ3v) is 4.26. The topological polar surface area (TPSA) is 50.5 Å². The number of nitrogens with one attached hydrogen (secondary N) is 1. The summed E-state index contributed by atoms with van der Waals surface area (Å²) in [5.41, 5.74) is 8.78. The number of nitrogens with zero attached hydrogens (tertiary/aromatic N) is 1. The minimum absolute atomic E-state index is 0.401. The minimum Gasteiger partial charge on any atom is -0.302 e. The summed E-state index contributed by atoms with van der Waals surface area (Å²) in [4.78, 5) is 8.16. The normalized spacial score (nSPS) is 55.3. The highest BCUT2D eigenvalue weighted by Crippen LogP contribution is 2.48. The second-order valence-corrected chi connectivity index (χ2v) is 5.11. The van der Waals surface area contributed by atoms with Gasteiger partial charge in [-0.1, -0.05) is 0 Å². The number of nitrogens with two attached hydrogens (primary N) is 1. The Kier molecular flexibility index (Phi) is 1.89. The second kappa shape index (κ2) is 2.92. The first-order valence-electron chi connectivity index (χ1n) is 5.58.